The molecule has 0 heterocycles. The van der Waals surface area contributed by atoms with E-state index in [0.29, 0.717) is 5.69 Å². The first kappa shape index (κ1) is 25.5. The molecule has 3 amide bonds. The van der Waals surface area contributed by atoms with Crippen molar-refractivity contribution in [1.29, 1.82) is 0 Å². The number of rotatable bonds is 9. The molecule has 0 bridgehead atoms. The average molecular weight is 492 g/mol. The van der Waals surface area contributed by atoms with Crippen LogP contribution in [0.5, 0.6) is 0 Å². The Hall–Kier alpha value is -3.14. The van der Waals surface area contributed by atoms with Crippen molar-refractivity contribution in [3.8, 4) is 0 Å². The Balaban J connectivity index is 1.61. The summed E-state index contributed by atoms with van der Waals surface area (Å²) in [5.74, 6) is -3.69. The second-order valence-electron chi connectivity index (χ2n) is 8.15. The van der Waals surface area contributed by atoms with Gasteiger partial charge < -0.3 is 15.5 Å². The second kappa shape index (κ2) is 12.4. The molecule has 7 nitrogen and oxygen atoms in total. The van der Waals surface area contributed by atoms with Crippen LogP contribution in [0.25, 0.3) is 0 Å². The minimum absolute atomic E-state index is 0.0370. The zero-order chi connectivity index (χ0) is 24.5. The molecular weight excluding hydrogens is 464 g/mol. The number of carbonyl (C=O) groups is 3. The fourth-order valence-electron chi connectivity index (χ4n) is 3.77. The zero-order valence-electron chi connectivity index (χ0n) is 18.6. The zero-order valence-corrected chi connectivity index (χ0v) is 19.4. The number of halogens is 2. The highest BCUT2D eigenvalue weighted by molar-refractivity contribution is 7.86. The summed E-state index contributed by atoms with van der Waals surface area (Å²) in [5, 5.41) is 5.39. The summed E-state index contributed by atoms with van der Waals surface area (Å²) >= 11 is 0. The molecule has 10 heteroatoms. The average Bonchev–Trinajstić information content (AvgIpc) is 2.79. The molecule has 1 aliphatic rings. The van der Waals surface area contributed by atoms with E-state index in [4.69, 9.17) is 0 Å². The third kappa shape index (κ3) is 8.02. The molecule has 0 aromatic heterocycles. The first-order valence-electron chi connectivity index (χ1n) is 11.1. The van der Waals surface area contributed by atoms with Crippen molar-refractivity contribution in [3.63, 3.8) is 0 Å². The lowest BCUT2D eigenvalue weighted by Gasteiger charge is -2.26. The fourth-order valence-corrected chi connectivity index (χ4v) is 4.67. The quantitative estimate of drug-likeness (QED) is 0.564. The molecule has 0 radical (unpaired) electrons. The van der Waals surface area contributed by atoms with Gasteiger partial charge in [-0.25, -0.2) is 8.78 Å². The molecular formula is C24H27F2N3O4S. The summed E-state index contributed by atoms with van der Waals surface area (Å²) in [7, 11) is -1.88. The van der Waals surface area contributed by atoms with E-state index in [0.717, 1.165) is 43.1 Å². The molecule has 0 aliphatic heterocycles. The van der Waals surface area contributed by atoms with Crippen LogP contribution in [-0.4, -0.2) is 46.0 Å². The SMILES string of the molecule is O=C(CS(=O)CC(=O)N(CC(=O)NC1CCCCC1)c1cccc(F)c1)Nc1ccc(F)cc1. The minimum Gasteiger partial charge on any atom is -0.352 e. The summed E-state index contributed by atoms with van der Waals surface area (Å²) in [6.07, 6.45) is 4.91. The molecule has 34 heavy (non-hydrogen) atoms. The van der Waals surface area contributed by atoms with Crippen molar-refractivity contribution < 1.29 is 27.4 Å². The van der Waals surface area contributed by atoms with Crippen LogP contribution in [0.1, 0.15) is 32.1 Å². The molecule has 0 spiro atoms. The molecule has 2 N–H and O–H groups in total. The lowest BCUT2D eigenvalue weighted by atomic mass is 9.95. The number of hydrogen-bond acceptors (Lipinski definition) is 4. The van der Waals surface area contributed by atoms with Gasteiger partial charge in [0.2, 0.25) is 17.7 Å². The largest absolute Gasteiger partial charge is 0.352 e. The van der Waals surface area contributed by atoms with Crippen molar-refractivity contribution in [2.45, 2.75) is 38.1 Å². The van der Waals surface area contributed by atoms with E-state index in [-0.39, 0.29) is 24.2 Å². The summed E-state index contributed by atoms with van der Waals surface area (Å²) in [4.78, 5) is 38.8. The molecule has 2 aromatic carbocycles. The maximum Gasteiger partial charge on any atom is 0.240 e. The summed E-state index contributed by atoms with van der Waals surface area (Å²) in [5.41, 5.74) is 0.493. The normalized spacial score (nSPS) is 14.8. The highest BCUT2D eigenvalue weighted by Gasteiger charge is 2.24. The maximum atomic E-state index is 13.8. The van der Waals surface area contributed by atoms with Gasteiger partial charge in [-0.05, 0) is 55.3 Å². The predicted octanol–water partition coefficient (Wildman–Crippen LogP) is 3.13. The van der Waals surface area contributed by atoms with E-state index >= 15 is 0 Å². The van der Waals surface area contributed by atoms with Crippen molar-refractivity contribution in [3.05, 3.63) is 60.2 Å². The van der Waals surface area contributed by atoms with E-state index in [1.54, 1.807) is 0 Å². The van der Waals surface area contributed by atoms with Gasteiger partial charge in [0.25, 0.3) is 0 Å². The first-order valence-corrected chi connectivity index (χ1v) is 12.5. The Bertz CT molecular complexity index is 1040. The monoisotopic (exact) mass is 491 g/mol. The molecule has 1 fully saturated rings. The van der Waals surface area contributed by atoms with Gasteiger partial charge in [0.15, 0.2) is 0 Å². The number of hydrogen-bond donors (Lipinski definition) is 2. The van der Waals surface area contributed by atoms with Crippen LogP contribution in [0, 0.1) is 11.6 Å². The minimum atomic E-state index is -1.88. The number of anilines is 2. The van der Waals surface area contributed by atoms with Crippen molar-refractivity contribution >= 4 is 39.9 Å². The lowest BCUT2D eigenvalue weighted by molar-refractivity contribution is -0.123. The summed E-state index contributed by atoms with van der Waals surface area (Å²) < 4.78 is 39.3. The molecule has 0 saturated heterocycles. The number of nitrogens with zero attached hydrogens (tertiary/aromatic N) is 1. The fraction of sp³-hybridized carbons (Fsp3) is 0.375. The Morgan fingerprint density at radius 1 is 0.912 bits per heavy atom. The predicted molar refractivity (Wildman–Crippen MR) is 127 cm³/mol. The Morgan fingerprint density at radius 2 is 1.62 bits per heavy atom. The highest BCUT2D eigenvalue weighted by Crippen LogP contribution is 2.19. The van der Waals surface area contributed by atoms with Crippen LogP contribution in [-0.2, 0) is 25.2 Å². The topological polar surface area (TPSA) is 95.6 Å². The van der Waals surface area contributed by atoms with E-state index in [1.807, 2.05) is 0 Å². The second-order valence-corrected chi connectivity index (χ2v) is 9.60. The van der Waals surface area contributed by atoms with Gasteiger partial charge in [0.05, 0.1) is 0 Å². The Labute approximate surface area is 199 Å². The number of carbonyl (C=O) groups excluding carboxylic acids is 3. The molecule has 3 rings (SSSR count). The van der Waals surface area contributed by atoms with Crippen LogP contribution in [0.4, 0.5) is 20.2 Å². The standard InChI is InChI=1S/C24H27F2N3O4S/c25-17-9-11-20(12-10-17)28-23(31)15-34(33)16-24(32)29(21-8-4-5-18(26)13-21)14-22(30)27-19-6-2-1-3-7-19/h4-5,8-13,19H,1-3,6-7,14-16H2,(H,27,30)(H,28,31). The third-order valence-electron chi connectivity index (χ3n) is 5.40. The first-order chi connectivity index (χ1) is 16.3. The molecule has 1 aliphatic carbocycles. The molecule has 1 saturated carbocycles. The number of nitrogens with one attached hydrogen (secondary N) is 2. The number of amides is 3. The molecule has 1 unspecified atom stereocenters. The van der Waals surface area contributed by atoms with Gasteiger partial charge in [0, 0.05) is 28.2 Å². The van der Waals surface area contributed by atoms with Gasteiger partial charge in [-0.3, -0.25) is 18.6 Å². The summed E-state index contributed by atoms with van der Waals surface area (Å²) in [6, 6.07) is 10.3. The molecule has 1 atom stereocenters. The van der Waals surface area contributed by atoms with Gasteiger partial charge in [-0.15, -0.1) is 0 Å². The summed E-state index contributed by atoms with van der Waals surface area (Å²) in [6.45, 7) is -0.349. The van der Waals surface area contributed by atoms with E-state index in [2.05, 4.69) is 10.6 Å². The molecule has 182 valence electrons. The van der Waals surface area contributed by atoms with Crippen LogP contribution in [0.3, 0.4) is 0 Å². The smallest absolute Gasteiger partial charge is 0.240 e. The van der Waals surface area contributed by atoms with Crippen LogP contribution >= 0.6 is 0 Å². The Morgan fingerprint density at radius 3 is 2.29 bits per heavy atom. The van der Waals surface area contributed by atoms with Crippen LogP contribution < -0.4 is 15.5 Å². The lowest BCUT2D eigenvalue weighted by Crippen LogP contribution is -2.46. The van der Waals surface area contributed by atoms with Crippen molar-refractivity contribution in [2.75, 3.05) is 28.3 Å². The van der Waals surface area contributed by atoms with Gasteiger partial charge in [-0.1, -0.05) is 25.3 Å². The number of benzene rings is 2. The van der Waals surface area contributed by atoms with Crippen molar-refractivity contribution in [1.82, 2.24) is 5.32 Å². The van der Waals surface area contributed by atoms with E-state index in [9.17, 15) is 27.4 Å². The van der Waals surface area contributed by atoms with Gasteiger partial charge >= 0.3 is 0 Å². The van der Waals surface area contributed by atoms with Crippen LogP contribution in [0.15, 0.2) is 48.5 Å². The maximum absolute atomic E-state index is 13.8. The van der Waals surface area contributed by atoms with Crippen molar-refractivity contribution in [2.24, 2.45) is 0 Å². The highest BCUT2D eigenvalue weighted by atomic mass is 32.2. The third-order valence-corrected chi connectivity index (χ3v) is 6.55. The Kier molecular flexibility index (Phi) is 9.26. The molecule has 2 aromatic rings. The van der Waals surface area contributed by atoms with Gasteiger partial charge in [0.1, 0.15) is 29.7 Å². The van der Waals surface area contributed by atoms with Crippen LogP contribution in [0.2, 0.25) is 0 Å². The van der Waals surface area contributed by atoms with E-state index < -0.39 is 45.8 Å². The van der Waals surface area contributed by atoms with E-state index in [1.165, 1.54) is 42.5 Å². The van der Waals surface area contributed by atoms with Gasteiger partial charge in [-0.2, -0.15) is 0 Å².